The van der Waals surface area contributed by atoms with Crippen LogP contribution in [0.1, 0.15) is 5.69 Å². The third kappa shape index (κ3) is 3.96. The van der Waals surface area contributed by atoms with Gasteiger partial charge in [0.05, 0.1) is 11.4 Å². The van der Waals surface area contributed by atoms with Crippen molar-refractivity contribution < 1.29 is 13.6 Å². The van der Waals surface area contributed by atoms with Gasteiger partial charge in [0.15, 0.2) is 11.6 Å². The van der Waals surface area contributed by atoms with Gasteiger partial charge in [-0.05, 0) is 31.2 Å². The van der Waals surface area contributed by atoms with Crippen LogP contribution in [0.2, 0.25) is 0 Å². The lowest BCUT2D eigenvalue weighted by Gasteiger charge is -2.13. The van der Waals surface area contributed by atoms with Gasteiger partial charge in [0.2, 0.25) is 5.91 Å². The number of carbonyl (C=O) groups is 1. The topological polar surface area (TPSA) is 105 Å². The van der Waals surface area contributed by atoms with Gasteiger partial charge in [-0.1, -0.05) is 18.2 Å². The lowest BCUT2D eigenvalue weighted by atomic mass is 10.1. The Hall–Kier alpha value is -4.60. The summed E-state index contributed by atoms with van der Waals surface area (Å²) in [5, 5.41) is 12.2. The Morgan fingerprint density at radius 1 is 1.06 bits per heavy atom. The van der Waals surface area contributed by atoms with E-state index in [1.807, 2.05) is 12.1 Å². The lowest BCUT2D eigenvalue weighted by molar-refractivity contribution is -0.116. The van der Waals surface area contributed by atoms with Gasteiger partial charge in [-0.15, -0.1) is 0 Å². The first-order valence-corrected chi connectivity index (χ1v) is 10.3. The molecule has 1 amide bonds. The molecule has 3 heterocycles. The molecule has 0 aliphatic heterocycles. The number of rotatable bonds is 5. The fourth-order valence-corrected chi connectivity index (χ4v) is 3.82. The zero-order chi connectivity index (χ0) is 23.8. The zero-order valence-corrected chi connectivity index (χ0v) is 17.9. The maximum absolute atomic E-state index is 13.4. The molecule has 10 heteroatoms. The van der Waals surface area contributed by atoms with Crippen molar-refractivity contribution in [1.82, 2.24) is 19.7 Å². The maximum Gasteiger partial charge on any atom is 0.257 e. The molecule has 0 unspecified atom stereocenters. The highest BCUT2D eigenvalue weighted by Gasteiger charge is 2.15. The summed E-state index contributed by atoms with van der Waals surface area (Å²) in [4.78, 5) is 32.1. The minimum atomic E-state index is -1.05. The predicted octanol–water partition coefficient (Wildman–Crippen LogP) is 4.24. The summed E-state index contributed by atoms with van der Waals surface area (Å²) in [7, 11) is 0. The normalized spacial score (nSPS) is 11.1. The SMILES string of the molecule is Cc1cc(Nc2ccnc3[nH]c(=O)c4ccccc4c23)n(CC(=O)Nc2ccc(F)c(F)c2)n1. The molecule has 2 aromatic carbocycles. The highest BCUT2D eigenvalue weighted by molar-refractivity contribution is 6.10. The van der Waals surface area contributed by atoms with Gasteiger partial charge in [0.1, 0.15) is 18.0 Å². The Labute approximate surface area is 191 Å². The number of hydrogen-bond donors (Lipinski definition) is 3. The van der Waals surface area contributed by atoms with E-state index >= 15 is 0 Å². The first-order valence-electron chi connectivity index (χ1n) is 10.3. The van der Waals surface area contributed by atoms with Crippen LogP contribution >= 0.6 is 0 Å². The van der Waals surface area contributed by atoms with E-state index in [0.29, 0.717) is 33.6 Å². The smallest absolute Gasteiger partial charge is 0.257 e. The Bertz CT molecular complexity index is 1630. The van der Waals surface area contributed by atoms with Crippen LogP contribution in [0.25, 0.3) is 21.8 Å². The third-order valence-corrected chi connectivity index (χ3v) is 5.29. The largest absolute Gasteiger partial charge is 0.340 e. The number of hydrogen-bond acceptors (Lipinski definition) is 5. The van der Waals surface area contributed by atoms with Gasteiger partial charge >= 0.3 is 0 Å². The monoisotopic (exact) mass is 460 g/mol. The molecule has 34 heavy (non-hydrogen) atoms. The van der Waals surface area contributed by atoms with Crippen LogP contribution in [0, 0.1) is 18.6 Å². The molecule has 5 aromatic rings. The van der Waals surface area contributed by atoms with Crippen molar-refractivity contribution >= 4 is 44.9 Å². The number of aryl methyl sites for hydroxylation is 1. The van der Waals surface area contributed by atoms with Crippen LogP contribution < -0.4 is 16.2 Å². The molecule has 8 nitrogen and oxygen atoms in total. The van der Waals surface area contributed by atoms with Gasteiger partial charge in [0, 0.05) is 40.2 Å². The van der Waals surface area contributed by atoms with Gasteiger partial charge in [-0.25, -0.2) is 18.4 Å². The first-order chi connectivity index (χ1) is 16.4. The number of anilines is 3. The third-order valence-electron chi connectivity index (χ3n) is 5.29. The second-order valence-electron chi connectivity index (χ2n) is 7.71. The lowest BCUT2D eigenvalue weighted by Crippen LogP contribution is -2.20. The number of benzene rings is 2. The van der Waals surface area contributed by atoms with E-state index in [1.54, 1.807) is 37.4 Å². The zero-order valence-electron chi connectivity index (χ0n) is 17.9. The van der Waals surface area contributed by atoms with Crippen molar-refractivity contribution in [2.45, 2.75) is 13.5 Å². The van der Waals surface area contributed by atoms with Crippen molar-refractivity contribution in [2.24, 2.45) is 0 Å². The summed E-state index contributed by atoms with van der Waals surface area (Å²) in [5.74, 6) is -1.98. The van der Waals surface area contributed by atoms with Gasteiger partial charge < -0.3 is 15.6 Å². The predicted molar refractivity (Wildman–Crippen MR) is 125 cm³/mol. The number of aromatic nitrogens is 4. The minimum Gasteiger partial charge on any atom is -0.340 e. The summed E-state index contributed by atoms with van der Waals surface area (Å²) in [6.07, 6.45) is 1.57. The summed E-state index contributed by atoms with van der Waals surface area (Å²) in [6, 6.07) is 13.9. The summed E-state index contributed by atoms with van der Waals surface area (Å²) in [5.41, 5.74) is 1.66. The number of amides is 1. The van der Waals surface area contributed by atoms with Crippen LogP contribution in [0.4, 0.5) is 26.0 Å². The summed E-state index contributed by atoms with van der Waals surface area (Å²) >= 11 is 0. The standard InChI is InChI=1S/C24H18F2N6O2/c1-13-10-20(32(31-13)12-21(33)28-14-6-7-17(25)18(26)11-14)29-19-8-9-27-23-22(19)15-4-2-3-5-16(15)24(34)30-23/h2-11H,12H2,1H3,(H,28,33)(H2,27,29,30,34). The highest BCUT2D eigenvalue weighted by Crippen LogP contribution is 2.29. The van der Waals surface area contributed by atoms with Crippen molar-refractivity contribution in [2.75, 3.05) is 10.6 Å². The molecule has 0 aliphatic carbocycles. The molecule has 0 spiro atoms. The first kappa shape index (κ1) is 21.3. The molecule has 0 saturated heterocycles. The second kappa shape index (κ2) is 8.39. The molecule has 0 saturated carbocycles. The number of H-pyrrole nitrogens is 1. The minimum absolute atomic E-state index is 0.137. The summed E-state index contributed by atoms with van der Waals surface area (Å²) in [6.45, 7) is 1.61. The fourth-order valence-electron chi connectivity index (χ4n) is 3.82. The van der Waals surface area contributed by atoms with Crippen LogP contribution in [0.3, 0.4) is 0 Å². The Morgan fingerprint density at radius 2 is 1.85 bits per heavy atom. The fraction of sp³-hybridized carbons (Fsp3) is 0.0833. The number of aromatic amines is 1. The molecule has 3 aromatic heterocycles. The maximum atomic E-state index is 13.4. The van der Waals surface area contributed by atoms with Crippen molar-refractivity contribution in [3.63, 3.8) is 0 Å². The van der Waals surface area contributed by atoms with Gasteiger partial charge in [-0.3, -0.25) is 9.59 Å². The Morgan fingerprint density at radius 3 is 2.65 bits per heavy atom. The van der Waals surface area contributed by atoms with Crippen molar-refractivity contribution in [1.29, 1.82) is 0 Å². The van der Waals surface area contributed by atoms with E-state index in [1.165, 1.54) is 10.7 Å². The number of nitrogens with one attached hydrogen (secondary N) is 3. The number of carbonyl (C=O) groups excluding carboxylic acids is 1. The molecule has 0 radical (unpaired) electrons. The van der Waals surface area contributed by atoms with E-state index in [4.69, 9.17) is 0 Å². The summed E-state index contributed by atoms with van der Waals surface area (Å²) < 4.78 is 28.1. The van der Waals surface area contributed by atoms with Gasteiger partial charge in [0.25, 0.3) is 5.56 Å². The number of pyridine rings is 2. The van der Waals surface area contributed by atoms with Crippen LogP contribution in [0.15, 0.2) is 65.6 Å². The molecular formula is C24H18F2N6O2. The van der Waals surface area contributed by atoms with Gasteiger partial charge in [-0.2, -0.15) is 5.10 Å². The molecule has 5 rings (SSSR count). The molecule has 0 fully saturated rings. The second-order valence-corrected chi connectivity index (χ2v) is 7.71. The Balaban J connectivity index is 1.47. The average molecular weight is 460 g/mol. The quantitative estimate of drug-likeness (QED) is 0.340. The molecule has 3 N–H and O–H groups in total. The van der Waals surface area contributed by atoms with E-state index < -0.39 is 17.5 Å². The van der Waals surface area contributed by atoms with E-state index in [9.17, 15) is 18.4 Å². The van der Waals surface area contributed by atoms with Crippen LogP contribution in [0.5, 0.6) is 0 Å². The average Bonchev–Trinajstić information content (AvgIpc) is 3.14. The molecule has 0 bridgehead atoms. The van der Waals surface area contributed by atoms with Crippen molar-refractivity contribution in [3.05, 3.63) is 88.5 Å². The number of fused-ring (bicyclic) bond motifs is 3. The molecule has 170 valence electrons. The molecule has 0 atom stereocenters. The van der Waals surface area contributed by atoms with E-state index in [0.717, 1.165) is 17.5 Å². The van der Waals surface area contributed by atoms with E-state index in [-0.39, 0.29) is 17.8 Å². The van der Waals surface area contributed by atoms with Crippen LogP contribution in [-0.4, -0.2) is 25.7 Å². The Kier molecular flexibility index (Phi) is 5.25. The number of halogens is 2. The van der Waals surface area contributed by atoms with Crippen molar-refractivity contribution in [3.8, 4) is 0 Å². The van der Waals surface area contributed by atoms with Crippen LogP contribution in [-0.2, 0) is 11.3 Å². The number of nitrogens with zero attached hydrogens (tertiary/aromatic N) is 3. The molecular weight excluding hydrogens is 442 g/mol. The van der Waals surface area contributed by atoms with E-state index in [2.05, 4.69) is 25.7 Å². The highest BCUT2D eigenvalue weighted by atomic mass is 19.2. The molecule has 0 aliphatic rings.